The number of fused-ring (bicyclic) bond motifs is 4. The molecule has 1 heterocycles. The SMILES string of the molecule is COC(=O)c1c(O)c([N+](=O)[O-])cc2c1c1c(n2Cc2ccccc2)C(=O)c2ccccc2C1=O. The number of phenols is 1. The van der Waals surface area contributed by atoms with E-state index in [1.165, 1.54) is 16.7 Å². The van der Waals surface area contributed by atoms with Crippen LogP contribution >= 0.6 is 0 Å². The number of aromatic hydroxyl groups is 1. The molecule has 5 rings (SSSR count). The average molecular weight is 456 g/mol. The van der Waals surface area contributed by atoms with E-state index in [9.17, 15) is 29.6 Å². The first-order chi connectivity index (χ1) is 16.3. The third-order valence-electron chi connectivity index (χ3n) is 5.93. The Kier molecular flexibility index (Phi) is 4.75. The van der Waals surface area contributed by atoms with Gasteiger partial charge in [0.2, 0.25) is 11.5 Å². The number of nitrogens with zero attached hydrogens (tertiary/aromatic N) is 2. The number of hydrogen-bond donors (Lipinski definition) is 1. The van der Waals surface area contributed by atoms with Gasteiger partial charge in [-0.15, -0.1) is 0 Å². The highest BCUT2D eigenvalue weighted by Gasteiger charge is 2.39. The number of carbonyl (C=O) groups is 3. The summed E-state index contributed by atoms with van der Waals surface area (Å²) < 4.78 is 6.26. The molecule has 1 aliphatic carbocycles. The van der Waals surface area contributed by atoms with E-state index in [2.05, 4.69) is 0 Å². The molecule has 0 spiro atoms. The number of hydrogen-bond acceptors (Lipinski definition) is 7. The molecule has 9 heteroatoms. The minimum atomic E-state index is -1.06. The molecule has 4 aromatic rings. The molecule has 0 radical (unpaired) electrons. The first-order valence-corrected chi connectivity index (χ1v) is 10.2. The van der Waals surface area contributed by atoms with Gasteiger partial charge in [0.15, 0.2) is 5.78 Å². The Hall–Kier alpha value is -4.79. The van der Waals surface area contributed by atoms with Crippen LogP contribution in [0.5, 0.6) is 5.75 Å². The quantitative estimate of drug-likeness (QED) is 0.247. The topological polar surface area (TPSA) is 129 Å². The van der Waals surface area contributed by atoms with E-state index in [-0.39, 0.29) is 39.8 Å². The van der Waals surface area contributed by atoms with Crippen LogP contribution < -0.4 is 0 Å². The lowest BCUT2D eigenvalue weighted by atomic mass is 9.86. The number of esters is 1. The van der Waals surface area contributed by atoms with Crippen molar-refractivity contribution in [3.05, 3.63) is 104 Å². The standard InChI is InChI=1S/C25H16N2O7/c1-34-25(31)20-18-16(11-17(24(20)30)27(32)33)26(12-13-7-3-2-4-8-13)21-19(18)22(28)14-9-5-6-10-15(14)23(21)29/h2-11,30H,12H2,1H3. The maximum atomic E-state index is 13.6. The molecular weight excluding hydrogens is 440 g/mol. The van der Waals surface area contributed by atoms with Crippen molar-refractivity contribution >= 4 is 34.1 Å². The Morgan fingerprint density at radius 1 is 1.03 bits per heavy atom. The molecule has 0 saturated carbocycles. The summed E-state index contributed by atoms with van der Waals surface area (Å²) in [6.45, 7) is 0.0937. The van der Waals surface area contributed by atoms with Gasteiger partial charge in [-0.25, -0.2) is 4.79 Å². The predicted molar refractivity (Wildman–Crippen MR) is 120 cm³/mol. The number of methoxy groups -OCH3 is 1. The number of ketones is 2. The molecule has 168 valence electrons. The smallest absolute Gasteiger partial charge is 0.342 e. The fourth-order valence-corrected chi connectivity index (χ4v) is 4.45. The van der Waals surface area contributed by atoms with Crippen LogP contribution in [0, 0.1) is 10.1 Å². The van der Waals surface area contributed by atoms with Crippen LogP contribution in [0.2, 0.25) is 0 Å². The minimum absolute atomic E-state index is 0.00685. The molecule has 1 aromatic heterocycles. The van der Waals surface area contributed by atoms with Gasteiger partial charge in [0, 0.05) is 29.1 Å². The summed E-state index contributed by atoms with van der Waals surface area (Å²) in [4.78, 5) is 50.8. The number of carbonyl (C=O) groups excluding carboxylic acids is 3. The Morgan fingerprint density at radius 2 is 1.65 bits per heavy atom. The lowest BCUT2D eigenvalue weighted by molar-refractivity contribution is -0.385. The van der Waals surface area contributed by atoms with E-state index in [1.54, 1.807) is 36.4 Å². The molecular formula is C25H16N2O7. The second-order valence-electron chi connectivity index (χ2n) is 7.76. The number of benzene rings is 3. The lowest BCUT2D eigenvalue weighted by Crippen LogP contribution is -2.23. The number of aromatic nitrogens is 1. The third kappa shape index (κ3) is 2.91. The van der Waals surface area contributed by atoms with Crippen molar-refractivity contribution in [3.63, 3.8) is 0 Å². The van der Waals surface area contributed by atoms with Crippen molar-refractivity contribution in [3.8, 4) is 5.75 Å². The van der Waals surface area contributed by atoms with Crippen molar-refractivity contribution in [2.24, 2.45) is 0 Å². The van der Waals surface area contributed by atoms with Crippen molar-refractivity contribution in [2.45, 2.75) is 6.54 Å². The summed E-state index contributed by atoms with van der Waals surface area (Å²) in [5.41, 5.74) is -0.189. The predicted octanol–water partition coefficient (Wildman–Crippen LogP) is 3.87. The summed E-state index contributed by atoms with van der Waals surface area (Å²) in [6.07, 6.45) is 0. The highest BCUT2D eigenvalue weighted by atomic mass is 16.6. The van der Waals surface area contributed by atoms with E-state index in [0.717, 1.165) is 18.7 Å². The van der Waals surface area contributed by atoms with Crippen molar-refractivity contribution in [1.82, 2.24) is 4.57 Å². The van der Waals surface area contributed by atoms with Gasteiger partial charge >= 0.3 is 11.7 Å². The number of ether oxygens (including phenoxy) is 1. The molecule has 0 unspecified atom stereocenters. The molecule has 0 aliphatic heterocycles. The summed E-state index contributed by atoms with van der Waals surface area (Å²) >= 11 is 0. The van der Waals surface area contributed by atoms with E-state index in [1.807, 2.05) is 6.07 Å². The first kappa shape index (κ1) is 21.1. The van der Waals surface area contributed by atoms with Crippen LogP contribution in [-0.4, -0.2) is 39.2 Å². The zero-order valence-electron chi connectivity index (χ0n) is 17.8. The lowest BCUT2D eigenvalue weighted by Gasteiger charge is -2.17. The third-order valence-corrected chi connectivity index (χ3v) is 5.93. The molecule has 9 nitrogen and oxygen atoms in total. The van der Waals surface area contributed by atoms with Crippen LogP contribution in [0.1, 0.15) is 47.9 Å². The highest BCUT2D eigenvalue weighted by molar-refractivity contribution is 6.34. The van der Waals surface area contributed by atoms with Gasteiger partial charge < -0.3 is 14.4 Å². The van der Waals surface area contributed by atoms with Gasteiger partial charge in [-0.05, 0) is 5.56 Å². The van der Waals surface area contributed by atoms with E-state index >= 15 is 0 Å². The van der Waals surface area contributed by atoms with Gasteiger partial charge in [0.05, 0.1) is 23.1 Å². The summed E-state index contributed by atoms with van der Waals surface area (Å²) in [5.74, 6) is -2.98. The Labute approximate surface area is 192 Å². The van der Waals surface area contributed by atoms with Crippen molar-refractivity contribution < 1.29 is 29.2 Å². The van der Waals surface area contributed by atoms with E-state index in [4.69, 9.17) is 4.74 Å². The zero-order valence-corrected chi connectivity index (χ0v) is 17.8. The maximum Gasteiger partial charge on any atom is 0.342 e. The molecule has 0 fully saturated rings. The number of nitro groups is 1. The molecule has 0 bridgehead atoms. The average Bonchev–Trinajstić information content (AvgIpc) is 3.16. The van der Waals surface area contributed by atoms with Crippen molar-refractivity contribution in [2.75, 3.05) is 7.11 Å². The fourth-order valence-electron chi connectivity index (χ4n) is 4.45. The molecule has 0 atom stereocenters. The van der Waals surface area contributed by atoms with Gasteiger partial charge in [-0.2, -0.15) is 0 Å². The largest absolute Gasteiger partial charge is 0.501 e. The zero-order chi connectivity index (χ0) is 24.1. The second kappa shape index (κ2) is 7.66. The fraction of sp³-hybridized carbons (Fsp3) is 0.0800. The number of nitro benzene ring substituents is 1. The summed E-state index contributed by atoms with van der Waals surface area (Å²) in [5, 5.41) is 22.3. The second-order valence-corrected chi connectivity index (χ2v) is 7.76. The molecule has 1 N–H and O–H groups in total. The van der Waals surface area contributed by atoms with Gasteiger partial charge in [-0.3, -0.25) is 19.7 Å². The van der Waals surface area contributed by atoms with Crippen LogP contribution in [-0.2, 0) is 11.3 Å². The number of rotatable bonds is 4. The molecule has 0 saturated heterocycles. The van der Waals surface area contributed by atoms with Crippen LogP contribution in [0.3, 0.4) is 0 Å². The first-order valence-electron chi connectivity index (χ1n) is 10.2. The van der Waals surface area contributed by atoms with Gasteiger partial charge in [0.1, 0.15) is 11.3 Å². The van der Waals surface area contributed by atoms with Crippen LogP contribution in [0.25, 0.3) is 10.9 Å². The Morgan fingerprint density at radius 3 is 2.26 bits per heavy atom. The van der Waals surface area contributed by atoms with Crippen molar-refractivity contribution in [1.29, 1.82) is 0 Å². The Bertz CT molecular complexity index is 1550. The molecule has 3 aromatic carbocycles. The van der Waals surface area contributed by atoms with Crippen LogP contribution in [0.15, 0.2) is 60.7 Å². The van der Waals surface area contributed by atoms with E-state index < -0.39 is 39.5 Å². The molecule has 0 amide bonds. The molecule has 34 heavy (non-hydrogen) atoms. The minimum Gasteiger partial charge on any atom is -0.501 e. The monoisotopic (exact) mass is 456 g/mol. The Balaban J connectivity index is 1.97. The summed E-state index contributed by atoms with van der Waals surface area (Å²) in [6, 6.07) is 16.4. The van der Waals surface area contributed by atoms with Crippen LogP contribution in [0.4, 0.5) is 5.69 Å². The normalized spacial score (nSPS) is 12.4. The van der Waals surface area contributed by atoms with E-state index in [0.29, 0.717) is 0 Å². The maximum absolute atomic E-state index is 13.6. The molecule has 1 aliphatic rings. The van der Waals surface area contributed by atoms with Gasteiger partial charge in [0.25, 0.3) is 0 Å². The highest BCUT2D eigenvalue weighted by Crippen LogP contribution is 2.43. The van der Waals surface area contributed by atoms with Gasteiger partial charge in [-0.1, -0.05) is 54.6 Å². The summed E-state index contributed by atoms with van der Waals surface area (Å²) in [7, 11) is 1.06. The number of phenolic OH excluding ortho intramolecular Hbond substituents is 1.